The van der Waals surface area contributed by atoms with E-state index in [0.29, 0.717) is 0 Å². The Bertz CT molecular complexity index is 365. The normalized spacial score (nSPS) is 16.6. The van der Waals surface area contributed by atoms with E-state index in [1.807, 2.05) is 0 Å². The molecule has 0 bridgehead atoms. The van der Waals surface area contributed by atoms with Gasteiger partial charge < -0.3 is 0 Å². The number of halogens is 13. The van der Waals surface area contributed by atoms with Crippen LogP contribution in [0.5, 0.6) is 0 Å². The molecular formula is C10H9ClF12. The lowest BCUT2D eigenvalue weighted by molar-refractivity contribution is -0.355. The maximum Gasteiger partial charge on any atom is 0.431 e. The van der Waals surface area contributed by atoms with Gasteiger partial charge in [0.25, 0.3) is 5.92 Å². The molecular weight excluding hydrogens is 384 g/mol. The molecule has 0 aliphatic rings. The number of alkyl halides is 13. The van der Waals surface area contributed by atoms with E-state index in [9.17, 15) is 52.7 Å². The topological polar surface area (TPSA) is 0 Å². The van der Waals surface area contributed by atoms with Crippen LogP contribution in [0, 0.1) is 5.92 Å². The van der Waals surface area contributed by atoms with Gasteiger partial charge in [0.1, 0.15) is 0 Å². The highest BCUT2D eigenvalue weighted by Crippen LogP contribution is 2.53. The van der Waals surface area contributed by atoms with Gasteiger partial charge in [0, 0.05) is 12.3 Å². The summed E-state index contributed by atoms with van der Waals surface area (Å²) in [7, 11) is 0. The zero-order valence-corrected chi connectivity index (χ0v) is 11.6. The van der Waals surface area contributed by atoms with Crippen LogP contribution in [0.3, 0.4) is 0 Å². The molecule has 0 aromatic rings. The largest absolute Gasteiger partial charge is 0.431 e. The van der Waals surface area contributed by atoms with Crippen molar-refractivity contribution >= 4 is 11.6 Å². The van der Waals surface area contributed by atoms with Gasteiger partial charge >= 0.3 is 24.2 Å². The summed E-state index contributed by atoms with van der Waals surface area (Å²) < 4.78 is 150. The van der Waals surface area contributed by atoms with E-state index in [0.717, 1.165) is 0 Å². The van der Waals surface area contributed by atoms with Crippen LogP contribution in [-0.4, -0.2) is 36.0 Å². The molecule has 0 spiro atoms. The van der Waals surface area contributed by atoms with Gasteiger partial charge in [-0.25, -0.2) is 13.2 Å². The molecule has 0 saturated carbocycles. The van der Waals surface area contributed by atoms with Crippen LogP contribution in [0.1, 0.15) is 19.3 Å². The maximum absolute atomic E-state index is 13.3. The summed E-state index contributed by atoms with van der Waals surface area (Å²) in [5.74, 6) is -9.01. The molecule has 13 heteroatoms. The van der Waals surface area contributed by atoms with Crippen molar-refractivity contribution in [3.63, 3.8) is 0 Å². The van der Waals surface area contributed by atoms with E-state index in [1.54, 1.807) is 0 Å². The second kappa shape index (κ2) is 6.75. The van der Waals surface area contributed by atoms with Gasteiger partial charge in [0.05, 0.1) is 12.3 Å². The maximum atomic E-state index is 13.3. The molecule has 0 N–H and O–H groups in total. The number of hydrogen-bond acceptors (Lipinski definition) is 0. The van der Waals surface area contributed by atoms with Gasteiger partial charge in [0.15, 0.2) is 0 Å². The summed E-state index contributed by atoms with van der Waals surface area (Å²) in [6.07, 6.45) is -26.0. The van der Waals surface area contributed by atoms with Crippen molar-refractivity contribution in [2.24, 2.45) is 5.92 Å². The summed E-state index contributed by atoms with van der Waals surface area (Å²) in [5, 5.41) is 0. The molecule has 0 heterocycles. The van der Waals surface area contributed by atoms with Crippen LogP contribution >= 0.6 is 11.6 Å². The quantitative estimate of drug-likeness (QED) is 0.382. The first-order valence-corrected chi connectivity index (χ1v) is 6.24. The van der Waals surface area contributed by atoms with Crippen molar-refractivity contribution in [1.82, 2.24) is 0 Å². The molecule has 0 radical (unpaired) electrons. The monoisotopic (exact) mass is 392 g/mol. The van der Waals surface area contributed by atoms with Crippen LogP contribution in [0.2, 0.25) is 0 Å². The Hall–Kier alpha value is -0.550. The van der Waals surface area contributed by atoms with E-state index in [2.05, 4.69) is 0 Å². The zero-order chi connectivity index (χ0) is 18.9. The van der Waals surface area contributed by atoms with Crippen LogP contribution in [-0.2, 0) is 0 Å². The minimum absolute atomic E-state index is 0.820. The number of hydrogen-bond donors (Lipinski definition) is 0. The minimum atomic E-state index is -6.77. The first-order valence-electron chi connectivity index (χ1n) is 5.70. The van der Waals surface area contributed by atoms with Gasteiger partial charge in [-0.15, -0.1) is 11.6 Å². The molecule has 1 atom stereocenters. The molecule has 0 nitrogen and oxygen atoms in total. The van der Waals surface area contributed by atoms with E-state index in [1.165, 1.54) is 0 Å². The first-order chi connectivity index (χ1) is 9.87. The molecule has 0 aromatic carbocycles. The van der Waals surface area contributed by atoms with Crippen molar-refractivity contribution in [3.8, 4) is 0 Å². The standard InChI is InChI=1S/C10H9ClF12/c11-2-1-5(8(15,16)17)3-6(12,13)4-7(14,9(18,19)20)10(21,22)23/h5H,1-4H2. The molecule has 23 heavy (non-hydrogen) atoms. The third kappa shape index (κ3) is 5.79. The van der Waals surface area contributed by atoms with Crippen molar-refractivity contribution in [2.75, 3.05) is 5.88 Å². The van der Waals surface area contributed by atoms with Crippen molar-refractivity contribution in [3.05, 3.63) is 0 Å². The molecule has 140 valence electrons. The van der Waals surface area contributed by atoms with Gasteiger partial charge in [-0.1, -0.05) is 0 Å². The predicted molar refractivity (Wildman–Crippen MR) is 55.0 cm³/mol. The Morgan fingerprint density at radius 1 is 0.696 bits per heavy atom. The second-order valence-corrected chi connectivity index (χ2v) is 5.13. The van der Waals surface area contributed by atoms with E-state index in [-0.39, 0.29) is 0 Å². The highest BCUT2D eigenvalue weighted by molar-refractivity contribution is 6.17. The van der Waals surface area contributed by atoms with Crippen LogP contribution in [0.4, 0.5) is 52.7 Å². The van der Waals surface area contributed by atoms with Gasteiger partial charge in [-0.3, -0.25) is 0 Å². The zero-order valence-electron chi connectivity index (χ0n) is 10.8. The van der Waals surface area contributed by atoms with Gasteiger partial charge in [0.2, 0.25) is 0 Å². The lowest BCUT2D eigenvalue weighted by Crippen LogP contribution is -2.56. The molecule has 1 unspecified atom stereocenters. The molecule has 0 aromatic heterocycles. The van der Waals surface area contributed by atoms with Gasteiger partial charge in [-0.05, 0) is 6.42 Å². The van der Waals surface area contributed by atoms with E-state index in [4.69, 9.17) is 11.6 Å². The minimum Gasteiger partial charge on any atom is -0.223 e. The molecule has 0 saturated heterocycles. The Morgan fingerprint density at radius 3 is 1.35 bits per heavy atom. The smallest absolute Gasteiger partial charge is 0.223 e. The Morgan fingerprint density at radius 2 is 1.09 bits per heavy atom. The van der Waals surface area contributed by atoms with Crippen molar-refractivity contribution in [2.45, 2.75) is 49.4 Å². The summed E-state index contributed by atoms with van der Waals surface area (Å²) in [6, 6.07) is 0. The summed E-state index contributed by atoms with van der Waals surface area (Å²) >= 11 is 4.93. The molecule has 0 rings (SSSR count). The Balaban J connectivity index is 5.50. The Kier molecular flexibility index (Phi) is 6.59. The first kappa shape index (κ1) is 22.4. The van der Waals surface area contributed by atoms with E-state index < -0.39 is 61.2 Å². The molecule has 0 amide bonds. The predicted octanol–water partition coefficient (Wildman–Crippen LogP) is 6.04. The fourth-order valence-corrected chi connectivity index (χ4v) is 1.93. The van der Waals surface area contributed by atoms with Crippen LogP contribution in [0.15, 0.2) is 0 Å². The average Bonchev–Trinajstić information content (AvgIpc) is 2.22. The summed E-state index contributed by atoms with van der Waals surface area (Å²) in [5.41, 5.74) is -6.33. The van der Waals surface area contributed by atoms with E-state index >= 15 is 0 Å². The third-order valence-corrected chi connectivity index (χ3v) is 3.08. The van der Waals surface area contributed by atoms with Crippen molar-refractivity contribution in [1.29, 1.82) is 0 Å². The van der Waals surface area contributed by atoms with Crippen molar-refractivity contribution < 1.29 is 52.7 Å². The molecule has 0 aliphatic heterocycles. The van der Waals surface area contributed by atoms with Crippen LogP contribution < -0.4 is 0 Å². The summed E-state index contributed by atoms with van der Waals surface area (Å²) in [4.78, 5) is 0. The SMILES string of the molecule is FC(F)(CC(CCCl)C(F)(F)F)CC(F)(C(F)(F)F)C(F)(F)F. The third-order valence-electron chi connectivity index (χ3n) is 2.87. The van der Waals surface area contributed by atoms with Crippen LogP contribution in [0.25, 0.3) is 0 Å². The summed E-state index contributed by atoms with van der Waals surface area (Å²) in [6.45, 7) is 0. The highest BCUT2D eigenvalue weighted by atomic mass is 35.5. The van der Waals surface area contributed by atoms with Gasteiger partial charge in [-0.2, -0.15) is 39.5 Å². The molecule has 0 aliphatic carbocycles. The fraction of sp³-hybridized carbons (Fsp3) is 1.00. The fourth-order valence-electron chi connectivity index (χ4n) is 1.66. The lowest BCUT2D eigenvalue weighted by atomic mass is 9.89. The Labute approximate surface area is 126 Å². The average molecular weight is 393 g/mol. The number of rotatable bonds is 6. The highest BCUT2D eigenvalue weighted by Gasteiger charge is 2.75. The molecule has 0 fully saturated rings. The second-order valence-electron chi connectivity index (χ2n) is 4.75. The lowest BCUT2D eigenvalue weighted by Gasteiger charge is -2.34.